The van der Waals surface area contributed by atoms with E-state index in [1.165, 1.54) is 16.7 Å². The Labute approximate surface area is 139 Å². The molecule has 2 nitrogen and oxygen atoms in total. The summed E-state index contributed by atoms with van der Waals surface area (Å²) in [5.41, 5.74) is 3.90. The topological polar surface area (TPSA) is 15.6 Å². The Morgan fingerprint density at radius 2 is 1.65 bits per heavy atom. The predicted octanol–water partition coefficient (Wildman–Crippen LogP) is 4.63. The third-order valence-corrected chi connectivity index (χ3v) is 4.30. The molecule has 2 aromatic rings. The van der Waals surface area contributed by atoms with Gasteiger partial charge in [-0.15, -0.1) is 0 Å². The molecule has 1 heterocycles. The summed E-state index contributed by atoms with van der Waals surface area (Å²) >= 11 is 0. The molecule has 0 bridgehead atoms. The molecule has 1 unspecified atom stereocenters. The molecule has 0 aliphatic carbocycles. The van der Waals surface area contributed by atoms with Crippen LogP contribution in [0.5, 0.6) is 0 Å². The largest absolute Gasteiger partial charge is 0.358 e. The van der Waals surface area contributed by atoms with Crippen molar-refractivity contribution in [2.75, 3.05) is 13.1 Å². The van der Waals surface area contributed by atoms with Gasteiger partial charge in [0.1, 0.15) is 0 Å². The summed E-state index contributed by atoms with van der Waals surface area (Å²) in [6.45, 7) is 4.26. The lowest BCUT2D eigenvalue weighted by molar-refractivity contribution is 0.367. The number of allylic oxidation sites excluding steroid dienone is 1. The Balaban J connectivity index is 1.70. The van der Waals surface area contributed by atoms with Crippen LogP contribution in [-0.2, 0) is 0 Å². The maximum atomic E-state index is 4.34. The summed E-state index contributed by atoms with van der Waals surface area (Å²) in [7, 11) is 0. The Bertz CT molecular complexity index is 617. The number of hydrogen-bond donors (Lipinski definition) is 0. The van der Waals surface area contributed by atoms with E-state index in [-0.39, 0.29) is 0 Å². The van der Waals surface area contributed by atoms with E-state index in [1.54, 1.807) is 0 Å². The summed E-state index contributed by atoms with van der Waals surface area (Å²) in [6, 6.07) is 21.9. The van der Waals surface area contributed by atoms with E-state index in [2.05, 4.69) is 83.6 Å². The van der Waals surface area contributed by atoms with E-state index in [0.717, 1.165) is 25.9 Å². The molecule has 0 amide bonds. The first-order valence-electron chi connectivity index (χ1n) is 8.41. The van der Waals surface area contributed by atoms with E-state index >= 15 is 0 Å². The minimum Gasteiger partial charge on any atom is -0.358 e. The Kier molecular flexibility index (Phi) is 5.25. The van der Waals surface area contributed by atoms with Crippen molar-refractivity contribution in [2.24, 2.45) is 4.99 Å². The molecule has 1 aliphatic heterocycles. The van der Waals surface area contributed by atoms with Crippen molar-refractivity contribution < 1.29 is 0 Å². The molecule has 23 heavy (non-hydrogen) atoms. The molecular formula is C21H24N2. The standard InChI is InChI=1S/C21H24N2/c1-18-16-22-17-23(18)15-9-8-14-21(19-10-4-2-5-11-19)20-12-6-3-7-13-20/h2-7,10-14,17-18H,8-9,15-16H2,1H3. The van der Waals surface area contributed by atoms with Crippen molar-refractivity contribution in [1.29, 1.82) is 0 Å². The van der Waals surface area contributed by atoms with Crippen LogP contribution in [0.25, 0.3) is 5.57 Å². The molecule has 1 aliphatic rings. The van der Waals surface area contributed by atoms with Gasteiger partial charge < -0.3 is 4.90 Å². The van der Waals surface area contributed by atoms with Gasteiger partial charge in [0, 0.05) is 12.6 Å². The molecule has 0 saturated heterocycles. The average Bonchev–Trinajstić information content (AvgIpc) is 3.01. The zero-order chi connectivity index (χ0) is 15.9. The fourth-order valence-electron chi connectivity index (χ4n) is 2.96. The number of hydrogen-bond acceptors (Lipinski definition) is 2. The van der Waals surface area contributed by atoms with Gasteiger partial charge in [0.15, 0.2) is 0 Å². The van der Waals surface area contributed by atoms with Gasteiger partial charge in [0.05, 0.1) is 12.9 Å². The molecule has 2 heteroatoms. The van der Waals surface area contributed by atoms with Crippen LogP contribution in [0.1, 0.15) is 30.9 Å². The second kappa shape index (κ2) is 7.77. The number of rotatable bonds is 6. The van der Waals surface area contributed by atoms with Gasteiger partial charge in [-0.2, -0.15) is 0 Å². The lowest BCUT2D eigenvalue weighted by Gasteiger charge is -2.19. The first kappa shape index (κ1) is 15.5. The van der Waals surface area contributed by atoms with Crippen LogP contribution >= 0.6 is 0 Å². The van der Waals surface area contributed by atoms with Gasteiger partial charge in [-0.3, -0.25) is 4.99 Å². The smallest absolute Gasteiger partial charge is 0.0853 e. The second-order valence-electron chi connectivity index (χ2n) is 6.06. The van der Waals surface area contributed by atoms with Crippen LogP contribution in [0.15, 0.2) is 71.7 Å². The highest BCUT2D eigenvalue weighted by atomic mass is 15.2. The highest BCUT2D eigenvalue weighted by Crippen LogP contribution is 2.24. The number of benzene rings is 2. The monoisotopic (exact) mass is 304 g/mol. The predicted molar refractivity (Wildman–Crippen MR) is 98.7 cm³/mol. The normalized spacial score (nSPS) is 16.6. The van der Waals surface area contributed by atoms with Crippen molar-refractivity contribution in [3.63, 3.8) is 0 Å². The van der Waals surface area contributed by atoms with E-state index in [9.17, 15) is 0 Å². The molecule has 118 valence electrons. The molecule has 0 N–H and O–H groups in total. The lowest BCUT2D eigenvalue weighted by Crippen LogP contribution is -2.29. The van der Waals surface area contributed by atoms with Crippen LogP contribution in [-0.4, -0.2) is 30.4 Å². The molecule has 1 atom stereocenters. The SMILES string of the molecule is CC1CN=CN1CCCC=C(c1ccccc1)c1ccccc1. The molecule has 0 aromatic heterocycles. The molecule has 0 radical (unpaired) electrons. The van der Waals surface area contributed by atoms with Crippen LogP contribution in [0.2, 0.25) is 0 Å². The summed E-state index contributed by atoms with van der Waals surface area (Å²) in [6.07, 6.45) is 6.61. The quantitative estimate of drug-likeness (QED) is 0.710. The van der Waals surface area contributed by atoms with E-state index in [0.29, 0.717) is 6.04 Å². The number of unbranched alkanes of at least 4 members (excludes halogenated alkanes) is 1. The van der Waals surface area contributed by atoms with Crippen molar-refractivity contribution in [2.45, 2.75) is 25.8 Å². The second-order valence-corrected chi connectivity index (χ2v) is 6.06. The number of nitrogens with zero attached hydrogens (tertiary/aromatic N) is 2. The van der Waals surface area contributed by atoms with Gasteiger partial charge >= 0.3 is 0 Å². The van der Waals surface area contributed by atoms with E-state index in [1.807, 2.05) is 6.34 Å². The molecule has 3 rings (SSSR count). The van der Waals surface area contributed by atoms with E-state index in [4.69, 9.17) is 0 Å². The molecule has 0 spiro atoms. The van der Waals surface area contributed by atoms with Crippen LogP contribution in [0.4, 0.5) is 0 Å². The van der Waals surface area contributed by atoms with Gasteiger partial charge in [0.25, 0.3) is 0 Å². The van der Waals surface area contributed by atoms with Gasteiger partial charge in [-0.05, 0) is 36.5 Å². The first-order chi connectivity index (χ1) is 11.3. The van der Waals surface area contributed by atoms with Crippen molar-refractivity contribution >= 4 is 11.9 Å². The average molecular weight is 304 g/mol. The lowest BCUT2D eigenvalue weighted by atomic mass is 9.96. The molecular weight excluding hydrogens is 280 g/mol. The fraction of sp³-hybridized carbons (Fsp3) is 0.286. The molecule has 0 fully saturated rings. The summed E-state index contributed by atoms with van der Waals surface area (Å²) in [4.78, 5) is 6.69. The zero-order valence-corrected chi connectivity index (χ0v) is 13.7. The zero-order valence-electron chi connectivity index (χ0n) is 13.7. The van der Waals surface area contributed by atoms with Crippen LogP contribution in [0.3, 0.4) is 0 Å². The van der Waals surface area contributed by atoms with Crippen molar-refractivity contribution in [1.82, 2.24) is 4.90 Å². The number of aliphatic imine (C=N–C) groups is 1. The first-order valence-corrected chi connectivity index (χ1v) is 8.41. The van der Waals surface area contributed by atoms with E-state index < -0.39 is 0 Å². The Morgan fingerprint density at radius 3 is 2.17 bits per heavy atom. The van der Waals surface area contributed by atoms with Gasteiger partial charge in [-0.25, -0.2) is 0 Å². The van der Waals surface area contributed by atoms with Crippen molar-refractivity contribution in [3.05, 3.63) is 77.9 Å². The maximum absolute atomic E-state index is 4.34. The Morgan fingerprint density at radius 1 is 1.04 bits per heavy atom. The minimum atomic E-state index is 0.557. The van der Waals surface area contributed by atoms with Crippen molar-refractivity contribution in [3.8, 4) is 0 Å². The summed E-state index contributed by atoms with van der Waals surface area (Å²) in [5.74, 6) is 0. The summed E-state index contributed by atoms with van der Waals surface area (Å²) < 4.78 is 0. The maximum Gasteiger partial charge on any atom is 0.0853 e. The molecule has 0 saturated carbocycles. The highest BCUT2D eigenvalue weighted by Gasteiger charge is 2.13. The third-order valence-electron chi connectivity index (χ3n) is 4.30. The summed E-state index contributed by atoms with van der Waals surface area (Å²) in [5, 5.41) is 0. The third kappa shape index (κ3) is 4.10. The highest BCUT2D eigenvalue weighted by molar-refractivity contribution is 5.79. The fourth-order valence-corrected chi connectivity index (χ4v) is 2.96. The Hall–Kier alpha value is -2.35. The molecule has 2 aromatic carbocycles. The van der Waals surface area contributed by atoms with Gasteiger partial charge in [0.2, 0.25) is 0 Å². The van der Waals surface area contributed by atoms with Crippen LogP contribution < -0.4 is 0 Å². The van der Waals surface area contributed by atoms with Gasteiger partial charge in [-0.1, -0.05) is 66.7 Å². The van der Waals surface area contributed by atoms with Crippen LogP contribution in [0, 0.1) is 0 Å². The minimum absolute atomic E-state index is 0.557.